The Bertz CT molecular complexity index is 707. The molecule has 1 aliphatic rings. The van der Waals surface area contributed by atoms with Crippen LogP contribution in [0.2, 0.25) is 0 Å². The topological polar surface area (TPSA) is 55.6 Å². The number of halogens is 2. The van der Waals surface area contributed by atoms with Crippen LogP contribution in [0.5, 0.6) is 0 Å². The lowest BCUT2D eigenvalue weighted by atomic mass is 10.1. The molecule has 7 heteroatoms. The van der Waals surface area contributed by atoms with Gasteiger partial charge in [0.15, 0.2) is 0 Å². The van der Waals surface area contributed by atoms with E-state index in [1.807, 2.05) is 6.07 Å². The molecule has 1 aliphatic heterocycles. The number of nitrogens with zero attached hydrogens (tertiary/aromatic N) is 1. The van der Waals surface area contributed by atoms with Gasteiger partial charge in [-0.2, -0.15) is 0 Å². The molecule has 3 rings (SSSR count). The van der Waals surface area contributed by atoms with Gasteiger partial charge in [0.1, 0.15) is 5.82 Å². The number of carbonyl (C=O) groups excluding carboxylic acids is 1. The minimum atomic E-state index is -0.310. The zero-order valence-corrected chi connectivity index (χ0v) is 14.5. The van der Waals surface area contributed by atoms with E-state index in [1.54, 1.807) is 18.1 Å². The van der Waals surface area contributed by atoms with Crippen LogP contribution < -0.4 is 5.73 Å². The third-order valence-corrected chi connectivity index (χ3v) is 5.18. The number of fused-ring (bicyclic) bond motifs is 1. The molecule has 0 bridgehead atoms. The summed E-state index contributed by atoms with van der Waals surface area (Å²) >= 11 is 1.33. The number of amides is 1. The van der Waals surface area contributed by atoms with Crippen molar-refractivity contribution in [3.05, 3.63) is 34.5 Å². The highest BCUT2D eigenvalue weighted by Gasteiger charge is 2.27. The minimum Gasteiger partial charge on any atom is -0.380 e. The van der Waals surface area contributed by atoms with Gasteiger partial charge in [-0.3, -0.25) is 4.79 Å². The number of likely N-dealkylation sites (tertiary alicyclic amines) is 1. The van der Waals surface area contributed by atoms with Crippen molar-refractivity contribution in [3.63, 3.8) is 0 Å². The molecule has 0 aliphatic carbocycles. The Balaban J connectivity index is 0.00000192. The highest BCUT2D eigenvalue weighted by molar-refractivity contribution is 7.21. The normalized spacial score (nSPS) is 18.0. The Kier molecular flexibility index (Phi) is 5.97. The van der Waals surface area contributed by atoms with Crippen LogP contribution in [0.15, 0.2) is 18.2 Å². The SMILES string of the molecule is COCc1c(C(=O)N2CCCC(N)C2)sc2cccc(F)c12.Cl. The molecule has 1 atom stereocenters. The van der Waals surface area contributed by atoms with Crippen molar-refractivity contribution < 1.29 is 13.9 Å². The van der Waals surface area contributed by atoms with Crippen LogP contribution in [0.25, 0.3) is 10.1 Å². The number of carbonyl (C=O) groups is 1. The van der Waals surface area contributed by atoms with Crippen molar-refractivity contribution in [1.29, 1.82) is 0 Å². The number of thiophene rings is 1. The highest BCUT2D eigenvalue weighted by atomic mass is 35.5. The molecular weight excluding hydrogens is 339 g/mol. The van der Waals surface area contributed by atoms with Gasteiger partial charge in [-0.25, -0.2) is 4.39 Å². The number of hydrogen-bond donors (Lipinski definition) is 1. The number of methoxy groups -OCH3 is 1. The molecule has 1 fully saturated rings. The molecule has 0 saturated carbocycles. The molecule has 1 aromatic carbocycles. The lowest BCUT2D eigenvalue weighted by Crippen LogP contribution is -2.45. The Labute approximate surface area is 144 Å². The average Bonchev–Trinajstić information content (AvgIpc) is 2.87. The van der Waals surface area contributed by atoms with Gasteiger partial charge in [-0.05, 0) is 25.0 Å². The number of rotatable bonds is 3. The maximum Gasteiger partial charge on any atom is 0.264 e. The van der Waals surface area contributed by atoms with E-state index in [-0.39, 0.29) is 36.8 Å². The van der Waals surface area contributed by atoms with Crippen LogP contribution >= 0.6 is 23.7 Å². The second-order valence-electron chi connectivity index (χ2n) is 5.61. The molecule has 2 N–H and O–H groups in total. The predicted molar refractivity (Wildman–Crippen MR) is 92.9 cm³/mol. The van der Waals surface area contributed by atoms with Gasteiger partial charge in [-0.1, -0.05) is 6.07 Å². The molecule has 0 radical (unpaired) electrons. The van der Waals surface area contributed by atoms with E-state index in [0.717, 1.165) is 17.5 Å². The number of piperidine rings is 1. The summed E-state index contributed by atoms with van der Waals surface area (Å²) in [4.78, 5) is 15.2. The van der Waals surface area contributed by atoms with Crippen molar-refractivity contribution in [2.75, 3.05) is 20.2 Å². The fourth-order valence-electron chi connectivity index (χ4n) is 2.96. The second kappa shape index (κ2) is 7.57. The first kappa shape index (κ1) is 18.1. The van der Waals surface area contributed by atoms with Gasteiger partial charge in [0.25, 0.3) is 5.91 Å². The third-order valence-electron chi connectivity index (χ3n) is 3.99. The lowest BCUT2D eigenvalue weighted by molar-refractivity contribution is 0.0709. The van der Waals surface area contributed by atoms with Crippen LogP contribution in [0.4, 0.5) is 4.39 Å². The molecule has 4 nitrogen and oxygen atoms in total. The zero-order chi connectivity index (χ0) is 15.7. The summed E-state index contributed by atoms with van der Waals surface area (Å²) in [5.74, 6) is -0.377. The Morgan fingerprint density at radius 3 is 3.00 bits per heavy atom. The van der Waals surface area contributed by atoms with E-state index in [2.05, 4.69) is 0 Å². The van der Waals surface area contributed by atoms with Crippen molar-refractivity contribution in [1.82, 2.24) is 4.90 Å². The van der Waals surface area contributed by atoms with Gasteiger partial charge >= 0.3 is 0 Å². The summed E-state index contributed by atoms with van der Waals surface area (Å²) < 4.78 is 20.1. The Morgan fingerprint density at radius 1 is 1.52 bits per heavy atom. The maximum absolute atomic E-state index is 14.2. The van der Waals surface area contributed by atoms with E-state index in [0.29, 0.717) is 28.9 Å². The number of benzene rings is 1. The van der Waals surface area contributed by atoms with E-state index >= 15 is 0 Å². The van der Waals surface area contributed by atoms with Crippen molar-refractivity contribution in [2.24, 2.45) is 5.73 Å². The quantitative estimate of drug-likeness (QED) is 0.916. The number of ether oxygens (including phenoxy) is 1. The lowest BCUT2D eigenvalue weighted by Gasteiger charge is -2.30. The smallest absolute Gasteiger partial charge is 0.264 e. The van der Waals surface area contributed by atoms with Gasteiger partial charge in [-0.15, -0.1) is 23.7 Å². The van der Waals surface area contributed by atoms with Gasteiger partial charge in [0.2, 0.25) is 0 Å². The van der Waals surface area contributed by atoms with Gasteiger partial charge in [0.05, 0.1) is 11.5 Å². The predicted octanol–water partition coefficient (Wildman–Crippen LogP) is 3.17. The van der Waals surface area contributed by atoms with E-state index in [1.165, 1.54) is 17.4 Å². The summed E-state index contributed by atoms with van der Waals surface area (Å²) in [5.41, 5.74) is 6.61. The van der Waals surface area contributed by atoms with Crippen LogP contribution in [0.1, 0.15) is 28.1 Å². The number of nitrogens with two attached hydrogens (primary N) is 1. The van der Waals surface area contributed by atoms with Crippen LogP contribution in [0, 0.1) is 5.82 Å². The van der Waals surface area contributed by atoms with Crippen molar-refractivity contribution >= 4 is 39.7 Å². The molecule has 1 amide bonds. The maximum atomic E-state index is 14.2. The fraction of sp³-hybridized carbons (Fsp3) is 0.438. The van der Waals surface area contributed by atoms with E-state index in [9.17, 15) is 9.18 Å². The summed E-state index contributed by atoms with van der Waals surface area (Å²) in [7, 11) is 1.55. The molecule has 1 saturated heterocycles. The van der Waals surface area contributed by atoms with E-state index < -0.39 is 0 Å². The van der Waals surface area contributed by atoms with Crippen LogP contribution in [-0.4, -0.2) is 37.0 Å². The molecule has 126 valence electrons. The highest BCUT2D eigenvalue weighted by Crippen LogP contribution is 2.34. The monoisotopic (exact) mass is 358 g/mol. The minimum absolute atomic E-state index is 0. The largest absolute Gasteiger partial charge is 0.380 e. The zero-order valence-electron chi connectivity index (χ0n) is 12.9. The molecule has 0 spiro atoms. The average molecular weight is 359 g/mol. The molecular formula is C16H20ClFN2O2S. The third kappa shape index (κ3) is 3.50. The summed E-state index contributed by atoms with van der Waals surface area (Å²) in [6.07, 6.45) is 1.85. The standard InChI is InChI=1S/C16H19FN2O2S.ClH/c1-21-9-11-14-12(17)5-2-6-13(14)22-15(11)16(20)19-7-3-4-10(18)8-19;/h2,5-6,10H,3-4,7-9,18H2,1H3;1H. The first-order valence-electron chi connectivity index (χ1n) is 7.35. The molecule has 1 unspecified atom stereocenters. The second-order valence-corrected chi connectivity index (χ2v) is 6.66. The van der Waals surface area contributed by atoms with Gasteiger partial charge in [0, 0.05) is 41.9 Å². The van der Waals surface area contributed by atoms with Crippen LogP contribution in [-0.2, 0) is 11.3 Å². The molecule has 1 aromatic heterocycles. The molecule has 2 heterocycles. The Hall–Kier alpha value is -1.21. The summed E-state index contributed by atoms with van der Waals surface area (Å²) in [6, 6.07) is 4.94. The first-order valence-corrected chi connectivity index (χ1v) is 8.17. The van der Waals surface area contributed by atoms with Crippen LogP contribution in [0.3, 0.4) is 0 Å². The van der Waals surface area contributed by atoms with Crippen molar-refractivity contribution in [3.8, 4) is 0 Å². The van der Waals surface area contributed by atoms with E-state index in [4.69, 9.17) is 10.5 Å². The first-order chi connectivity index (χ1) is 10.6. The van der Waals surface area contributed by atoms with Crippen molar-refractivity contribution in [2.45, 2.75) is 25.5 Å². The Morgan fingerprint density at radius 2 is 2.30 bits per heavy atom. The summed E-state index contributed by atoms with van der Waals surface area (Å²) in [5, 5.41) is 0.499. The molecule has 2 aromatic rings. The molecule has 23 heavy (non-hydrogen) atoms. The summed E-state index contributed by atoms with van der Waals surface area (Å²) in [6.45, 7) is 1.49. The number of hydrogen-bond acceptors (Lipinski definition) is 4. The fourth-order valence-corrected chi connectivity index (χ4v) is 4.15. The van der Waals surface area contributed by atoms with Gasteiger partial charge < -0.3 is 15.4 Å².